The Morgan fingerprint density at radius 3 is 1.00 bits per heavy atom. The fourth-order valence-electron chi connectivity index (χ4n) is 11.3. The molecule has 0 fully saturated rings. The molecule has 6 nitrogen and oxygen atoms in total. The van der Waals surface area contributed by atoms with Gasteiger partial charge in [0.05, 0.1) is 22.4 Å². The maximum atomic E-state index is 5.08. The fraction of sp³-hybridized carbons (Fsp3) is 0. The van der Waals surface area contributed by atoms with E-state index in [0.29, 0.717) is 0 Å². The van der Waals surface area contributed by atoms with Crippen molar-refractivity contribution < 1.29 is 20.1 Å². The summed E-state index contributed by atoms with van der Waals surface area (Å²) in [6.07, 6.45) is 12.9. The van der Waals surface area contributed by atoms with Crippen molar-refractivity contribution in [1.82, 2.24) is 29.9 Å². The SMILES string of the molecule is [Ir].[c-]1ccccc1-c1ccccn1.c1cc(-c2ccc3ccc4ccccc4c3n2)cc(-c2ccc3ccc4ccccc4c3n2)c1.c1cncc(-c2cccc(-c3cc(-c4cccc(-c5cccnc5)c4)cc(-c4cccc(-c5cccnc5)c4)c3)c2)c1. The van der Waals surface area contributed by atoms with Crippen LogP contribution in [0, 0.1) is 6.07 Å². The van der Waals surface area contributed by atoms with Gasteiger partial charge in [-0.3, -0.25) is 15.0 Å². The first-order chi connectivity index (χ1) is 43.6. The standard InChI is InChI=1S/C39H27N3.C32H20N2.C11H8N.Ir/c1-7-28(34-13-4-16-40-25-34)19-31(10-1)37-22-38(32-11-2-8-29(20-32)35-14-5-17-41-26-35)24-39(23-37)33-12-3-9-30(21-33)36-15-6-18-42-27-36;1-3-10-27-21(6-1)12-14-23-16-18-29(33-31(23)27)25-8-5-9-26(20-25)30-19-17-24-15-13-22-7-2-4-11-28(22)32(24)34-30;1-2-6-10(7-3-1)11-8-4-5-9-12-11;/h1-27H;1-20H;1-6,8-9H;/q;;-1;. The Labute approximate surface area is 531 Å². The van der Waals surface area contributed by atoms with Gasteiger partial charge in [0, 0.05) is 113 Å². The first-order valence-electron chi connectivity index (χ1n) is 29.3. The van der Waals surface area contributed by atoms with Crippen molar-refractivity contribution in [3.8, 4) is 101 Å². The molecular formula is C82H55IrN6-. The number of fused-ring (bicyclic) bond motifs is 6. The molecule has 16 rings (SSSR count). The molecule has 0 saturated carbocycles. The third-order valence-electron chi connectivity index (χ3n) is 15.8. The number of nitrogens with zero attached hydrogens (tertiary/aromatic N) is 6. The van der Waals surface area contributed by atoms with E-state index in [1.54, 1.807) is 6.20 Å². The average molecular weight is 1320 g/mol. The van der Waals surface area contributed by atoms with Crippen LogP contribution in [-0.4, -0.2) is 29.9 Å². The van der Waals surface area contributed by atoms with E-state index in [2.05, 4.69) is 257 Å². The molecule has 16 aromatic rings. The second kappa shape index (κ2) is 26.6. The second-order valence-corrected chi connectivity index (χ2v) is 21.4. The molecule has 0 atom stereocenters. The van der Waals surface area contributed by atoms with E-state index in [4.69, 9.17) is 9.97 Å². The summed E-state index contributed by atoms with van der Waals surface area (Å²) in [4.78, 5) is 27.4. The summed E-state index contributed by atoms with van der Waals surface area (Å²) >= 11 is 0. The number of hydrogen-bond acceptors (Lipinski definition) is 6. The Kier molecular flexibility index (Phi) is 17.0. The number of rotatable bonds is 9. The minimum Gasteiger partial charge on any atom is -0.305 e. The molecule has 0 aliphatic heterocycles. The summed E-state index contributed by atoms with van der Waals surface area (Å²) in [5, 5.41) is 7.09. The zero-order chi connectivity index (χ0) is 58.9. The Morgan fingerprint density at radius 1 is 0.236 bits per heavy atom. The van der Waals surface area contributed by atoms with Crippen LogP contribution in [0.2, 0.25) is 0 Å². The minimum absolute atomic E-state index is 0. The quantitative estimate of drug-likeness (QED) is 0.106. The number of benzene rings is 10. The molecule has 89 heavy (non-hydrogen) atoms. The topological polar surface area (TPSA) is 77.3 Å². The van der Waals surface area contributed by atoms with Crippen LogP contribution in [0.3, 0.4) is 0 Å². The molecule has 0 unspecified atom stereocenters. The van der Waals surface area contributed by atoms with Crippen LogP contribution in [0.1, 0.15) is 0 Å². The molecule has 423 valence electrons. The minimum atomic E-state index is 0. The van der Waals surface area contributed by atoms with E-state index in [1.165, 1.54) is 21.5 Å². The van der Waals surface area contributed by atoms with Gasteiger partial charge in [-0.25, -0.2) is 9.97 Å². The van der Waals surface area contributed by atoms with Crippen molar-refractivity contribution in [2.45, 2.75) is 0 Å². The van der Waals surface area contributed by atoms with Gasteiger partial charge in [0.2, 0.25) is 0 Å². The van der Waals surface area contributed by atoms with E-state index < -0.39 is 0 Å². The van der Waals surface area contributed by atoms with Gasteiger partial charge >= 0.3 is 0 Å². The first kappa shape index (κ1) is 56.9. The maximum absolute atomic E-state index is 5.08. The predicted molar refractivity (Wildman–Crippen MR) is 364 cm³/mol. The van der Waals surface area contributed by atoms with Crippen LogP contribution in [0.5, 0.6) is 0 Å². The number of aromatic nitrogens is 6. The third kappa shape index (κ3) is 12.9. The van der Waals surface area contributed by atoms with E-state index in [0.717, 1.165) is 122 Å². The summed E-state index contributed by atoms with van der Waals surface area (Å²) in [5.74, 6) is 0. The Balaban J connectivity index is 0.000000138. The van der Waals surface area contributed by atoms with Gasteiger partial charge in [-0.2, -0.15) is 0 Å². The van der Waals surface area contributed by atoms with Gasteiger partial charge in [-0.15, -0.1) is 35.9 Å². The molecule has 10 aromatic carbocycles. The van der Waals surface area contributed by atoms with Crippen LogP contribution < -0.4 is 0 Å². The zero-order valence-corrected chi connectivity index (χ0v) is 50.7. The molecule has 0 saturated heterocycles. The Morgan fingerprint density at radius 2 is 0.596 bits per heavy atom. The summed E-state index contributed by atoms with van der Waals surface area (Å²) < 4.78 is 0. The first-order valence-corrected chi connectivity index (χ1v) is 29.3. The van der Waals surface area contributed by atoms with Gasteiger partial charge in [0.15, 0.2) is 0 Å². The average Bonchev–Trinajstić information content (AvgIpc) is 1.76. The molecule has 7 heteroatoms. The maximum Gasteiger partial charge on any atom is 0.0787 e. The number of hydrogen-bond donors (Lipinski definition) is 0. The van der Waals surface area contributed by atoms with Crippen molar-refractivity contribution >= 4 is 43.4 Å². The van der Waals surface area contributed by atoms with Crippen molar-refractivity contribution in [1.29, 1.82) is 0 Å². The molecule has 6 aromatic heterocycles. The zero-order valence-electron chi connectivity index (χ0n) is 48.3. The van der Waals surface area contributed by atoms with Gasteiger partial charge in [0.1, 0.15) is 0 Å². The largest absolute Gasteiger partial charge is 0.305 e. The summed E-state index contributed by atoms with van der Waals surface area (Å²) in [6.45, 7) is 0. The Bertz CT molecular complexity index is 4670. The Hall–Kier alpha value is -11.2. The predicted octanol–water partition coefficient (Wildman–Crippen LogP) is 20.8. The monoisotopic (exact) mass is 1320 g/mol. The third-order valence-corrected chi connectivity index (χ3v) is 15.8. The summed E-state index contributed by atoms with van der Waals surface area (Å²) in [7, 11) is 0. The van der Waals surface area contributed by atoms with E-state index in [9.17, 15) is 0 Å². The fourth-order valence-corrected chi connectivity index (χ4v) is 11.3. The van der Waals surface area contributed by atoms with E-state index in [1.807, 2.05) is 97.8 Å². The molecule has 0 aliphatic rings. The molecule has 0 N–H and O–H groups in total. The van der Waals surface area contributed by atoms with Crippen molar-refractivity contribution in [3.05, 3.63) is 341 Å². The van der Waals surface area contributed by atoms with Gasteiger partial charge in [-0.05, 0) is 145 Å². The van der Waals surface area contributed by atoms with Crippen LogP contribution in [0.4, 0.5) is 0 Å². The summed E-state index contributed by atoms with van der Waals surface area (Å²) in [5.41, 5.74) is 21.9. The summed E-state index contributed by atoms with van der Waals surface area (Å²) in [6, 6.07) is 105. The molecule has 0 bridgehead atoms. The van der Waals surface area contributed by atoms with Gasteiger partial charge < -0.3 is 4.98 Å². The second-order valence-electron chi connectivity index (χ2n) is 21.4. The van der Waals surface area contributed by atoms with E-state index >= 15 is 0 Å². The molecule has 0 amide bonds. The van der Waals surface area contributed by atoms with Crippen LogP contribution in [0.25, 0.3) is 144 Å². The van der Waals surface area contributed by atoms with Crippen LogP contribution >= 0.6 is 0 Å². The molecule has 6 heterocycles. The molecule has 0 spiro atoms. The van der Waals surface area contributed by atoms with Crippen molar-refractivity contribution in [2.24, 2.45) is 0 Å². The van der Waals surface area contributed by atoms with E-state index in [-0.39, 0.29) is 20.1 Å². The molecule has 1 radical (unpaired) electrons. The van der Waals surface area contributed by atoms with Gasteiger partial charge in [0.25, 0.3) is 0 Å². The normalized spacial score (nSPS) is 10.8. The number of pyridine rings is 6. The smallest absolute Gasteiger partial charge is 0.0787 e. The molecular weight excluding hydrogens is 1260 g/mol. The van der Waals surface area contributed by atoms with Crippen molar-refractivity contribution in [3.63, 3.8) is 0 Å². The van der Waals surface area contributed by atoms with Crippen molar-refractivity contribution in [2.75, 3.05) is 0 Å². The van der Waals surface area contributed by atoms with Crippen LogP contribution in [0.15, 0.2) is 335 Å². The molecule has 0 aliphatic carbocycles. The van der Waals surface area contributed by atoms with Gasteiger partial charge in [-0.1, -0.05) is 188 Å². The van der Waals surface area contributed by atoms with Crippen LogP contribution in [-0.2, 0) is 20.1 Å².